The van der Waals surface area contributed by atoms with Gasteiger partial charge in [-0.3, -0.25) is 4.79 Å². The number of rotatable bonds is 4. The van der Waals surface area contributed by atoms with Crippen molar-refractivity contribution in [1.82, 2.24) is 10.3 Å². The van der Waals surface area contributed by atoms with Gasteiger partial charge in [-0.05, 0) is 55.2 Å². The number of nitrogens with one attached hydrogen (secondary N) is 1. The molecule has 0 unspecified atom stereocenters. The summed E-state index contributed by atoms with van der Waals surface area (Å²) in [5.41, 5.74) is 0.883. The van der Waals surface area contributed by atoms with Gasteiger partial charge in [-0.15, -0.1) is 0 Å². The molecule has 7 heteroatoms. The first-order valence-electron chi connectivity index (χ1n) is 7.53. The second-order valence-electron chi connectivity index (χ2n) is 6.60. The van der Waals surface area contributed by atoms with E-state index in [2.05, 4.69) is 26.2 Å². The highest BCUT2D eigenvalue weighted by atomic mass is 79.9. The number of hydrogen-bond acceptors (Lipinski definition) is 4. The molecule has 0 saturated carbocycles. The summed E-state index contributed by atoms with van der Waals surface area (Å²) in [5.74, 6) is -0.0994. The van der Waals surface area contributed by atoms with Crippen molar-refractivity contribution in [2.24, 2.45) is 0 Å². The van der Waals surface area contributed by atoms with Crippen molar-refractivity contribution < 1.29 is 14.1 Å². The van der Waals surface area contributed by atoms with E-state index in [0.717, 1.165) is 15.6 Å². The summed E-state index contributed by atoms with van der Waals surface area (Å²) in [5, 5.41) is 2.81. The number of halogens is 1. The lowest BCUT2D eigenvalue weighted by atomic mass is 9.77. The number of amides is 1. The molecule has 0 radical (unpaired) electrons. The van der Waals surface area contributed by atoms with Crippen molar-refractivity contribution in [3.8, 4) is 0 Å². The maximum Gasteiger partial charge on any atom is 0.492 e. The molecule has 1 fully saturated rings. The summed E-state index contributed by atoms with van der Waals surface area (Å²) >= 11 is 3.43. The van der Waals surface area contributed by atoms with E-state index in [1.54, 1.807) is 6.20 Å². The maximum atomic E-state index is 11.3. The van der Waals surface area contributed by atoms with Gasteiger partial charge in [0.1, 0.15) is 4.60 Å². The molecule has 1 saturated heterocycles. The van der Waals surface area contributed by atoms with Gasteiger partial charge in [-0.25, -0.2) is 4.98 Å². The van der Waals surface area contributed by atoms with Crippen molar-refractivity contribution in [1.29, 1.82) is 0 Å². The molecular formula is C16H22BBrN2O3. The van der Waals surface area contributed by atoms with Crippen LogP contribution in [-0.2, 0) is 14.1 Å². The summed E-state index contributed by atoms with van der Waals surface area (Å²) in [6, 6.07) is 3.80. The van der Waals surface area contributed by atoms with Crippen LogP contribution in [0.4, 0.5) is 0 Å². The topological polar surface area (TPSA) is 60.5 Å². The third-order valence-electron chi connectivity index (χ3n) is 4.23. The van der Waals surface area contributed by atoms with Crippen LogP contribution in [0, 0.1) is 0 Å². The molecule has 2 heterocycles. The van der Waals surface area contributed by atoms with Crippen molar-refractivity contribution in [2.75, 3.05) is 6.54 Å². The van der Waals surface area contributed by atoms with Crippen LogP contribution >= 0.6 is 15.9 Å². The van der Waals surface area contributed by atoms with Crippen LogP contribution in [0.25, 0.3) is 6.08 Å². The van der Waals surface area contributed by atoms with Gasteiger partial charge in [0.05, 0.1) is 11.2 Å². The second kappa shape index (κ2) is 6.75. The lowest BCUT2D eigenvalue weighted by Gasteiger charge is -2.32. The Morgan fingerprint density at radius 1 is 1.35 bits per heavy atom. The Morgan fingerprint density at radius 3 is 2.48 bits per heavy atom. The van der Waals surface area contributed by atoms with Crippen LogP contribution in [0.1, 0.15) is 40.2 Å². The smallest absolute Gasteiger partial charge is 0.400 e. The van der Waals surface area contributed by atoms with Crippen molar-refractivity contribution >= 4 is 35.0 Å². The van der Waals surface area contributed by atoms with Crippen LogP contribution in [0.5, 0.6) is 0 Å². The molecule has 0 aromatic carbocycles. The molecule has 0 aliphatic carbocycles. The molecule has 1 N–H and O–H groups in total. The first-order chi connectivity index (χ1) is 10.6. The van der Waals surface area contributed by atoms with E-state index in [1.165, 1.54) is 6.92 Å². The molecule has 124 valence electrons. The van der Waals surface area contributed by atoms with Gasteiger partial charge in [0.15, 0.2) is 0 Å². The number of aromatic nitrogens is 1. The molecule has 1 aromatic rings. The Hall–Kier alpha value is -1.18. The minimum Gasteiger partial charge on any atom is -0.400 e. The number of nitrogens with zero attached hydrogens (tertiary/aromatic N) is 1. The molecule has 5 nitrogen and oxygen atoms in total. The standard InChI is InChI=1S/C16H22BBrN2O3/c1-11(21)20-10-13(9-12-7-6-8-19-14(12)18)17-22-15(2,3)16(4,5)23-17/h6-9H,10H2,1-5H3,(H,20,21). The van der Waals surface area contributed by atoms with Crippen LogP contribution < -0.4 is 5.32 Å². The van der Waals surface area contributed by atoms with Crippen molar-refractivity contribution in [2.45, 2.75) is 45.8 Å². The lowest BCUT2D eigenvalue weighted by molar-refractivity contribution is -0.118. The zero-order valence-electron chi connectivity index (χ0n) is 14.1. The molecule has 1 aliphatic rings. The third-order valence-corrected chi connectivity index (χ3v) is 4.89. The Balaban J connectivity index is 2.32. The monoisotopic (exact) mass is 380 g/mol. The normalized spacial score (nSPS) is 19.7. The Bertz CT molecular complexity index is 616. The quantitative estimate of drug-likeness (QED) is 0.644. The van der Waals surface area contributed by atoms with E-state index >= 15 is 0 Å². The van der Waals surface area contributed by atoms with Gasteiger partial charge < -0.3 is 14.6 Å². The minimum absolute atomic E-state index is 0.0994. The van der Waals surface area contributed by atoms with Gasteiger partial charge in [-0.1, -0.05) is 12.1 Å². The Kier molecular flexibility index (Phi) is 5.33. The summed E-state index contributed by atoms with van der Waals surface area (Å²) in [6.07, 6.45) is 3.65. The van der Waals surface area contributed by atoms with Gasteiger partial charge in [0.25, 0.3) is 0 Å². The number of hydrogen-bond donors (Lipinski definition) is 1. The Labute approximate surface area is 146 Å². The molecule has 1 aliphatic heterocycles. The largest absolute Gasteiger partial charge is 0.492 e. The third kappa shape index (κ3) is 4.22. The van der Waals surface area contributed by atoms with E-state index in [9.17, 15) is 4.79 Å². The minimum atomic E-state index is -0.515. The van der Waals surface area contributed by atoms with Crippen molar-refractivity contribution in [3.05, 3.63) is 34.0 Å². The average molecular weight is 381 g/mol. The lowest BCUT2D eigenvalue weighted by Crippen LogP contribution is -2.41. The highest BCUT2D eigenvalue weighted by Crippen LogP contribution is 2.38. The van der Waals surface area contributed by atoms with Crippen LogP contribution in [0.3, 0.4) is 0 Å². The molecule has 2 rings (SSSR count). The summed E-state index contributed by atoms with van der Waals surface area (Å²) in [4.78, 5) is 15.5. The van der Waals surface area contributed by atoms with Gasteiger partial charge in [-0.2, -0.15) is 0 Å². The van der Waals surface area contributed by atoms with Gasteiger partial charge in [0, 0.05) is 25.2 Å². The molecular weight excluding hydrogens is 359 g/mol. The average Bonchev–Trinajstić information content (AvgIpc) is 2.65. The summed E-state index contributed by atoms with van der Waals surface area (Å²) < 4.78 is 12.9. The number of pyridine rings is 1. The Morgan fingerprint density at radius 2 is 1.96 bits per heavy atom. The molecule has 0 bridgehead atoms. The fraction of sp³-hybridized carbons (Fsp3) is 0.500. The highest BCUT2D eigenvalue weighted by Gasteiger charge is 2.52. The maximum absolute atomic E-state index is 11.3. The highest BCUT2D eigenvalue weighted by molar-refractivity contribution is 9.10. The second-order valence-corrected chi connectivity index (χ2v) is 7.35. The first kappa shape index (κ1) is 18.2. The fourth-order valence-corrected chi connectivity index (χ4v) is 2.49. The van der Waals surface area contributed by atoms with Crippen LogP contribution in [0.15, 0.2) is 28.4 Å². The van der Waals surface area contributed by atoms with Gasteiger partial charge >= 0.3 is 7.12 Å². The fourth-order valence-electron chi connectivity index (χ4n) is 2.13. The van der Waals surface area contributed by atoms with E-state index in [0.29, 0.717) is 6.54 Å². The van der Waals surface area contributed by atoms with E-state index in [1.807, 2.05) is 45.9 Å². The predicted octanol–water partition coefficient (Wildman–Crippen LogP) is 3.00. The van der Waals surface area contributed by atoms with E-state index in [-0.39, 0.29) is 5.91 Å². The molecule has 0 atom stereocenters. The zero-order chi connectivity index (χ0) is 17.3. The summed E-state index contributed by atoms with van der Waals surface area (Å²) in [6.45, 7) is 9.85. The summed E-state index contributed by atoms with van der Waals surface area (Å²) in [7, 11) is -0.515. The molecule has 0 spiro atoms. The van der Waals surface area contributed by atoms with Crippen molar-refractivity contribution in [3.63, 3.8) is 0 Å². The van der Waals surface area contributed by atoms with E-state index in [4.69, 9.17) is 9.31 Å². The molecule has 1 amide bonds. The zero-order valence-corrected chi connectivity index (χ0v) is 15.7. The number of carbonyl (C=O) groups is 1. The SMILES string of the molecule is CC(=O)NCC(=Cc1cccnc1Br)B1OC(C)(C)C(C)(C)O1. The molecule has 23 heavy (non-hydrogen) atoms. The first-order valence-corrected chi connectivity index (χ1v) is 8.33. The van der Waals surface area contributed by atoms with Crippen LogP contribution in [0.2, 0.25) is 0 Å². The van der Waals surface area contributed by atoms with Crippen LogP contribution in [-0.4, -0.2) is 35.8 Å². The number of carbonyl (C=O) groups excluding carboxylic acids is 1. The molecule has 1 aromatic heterocycles. The van der Waals surface area contributed by atoms with Gasteiger partial charge in [0.2, 0.25) is 5.91 Å². The van der Waals surface area contributed by atoms with E-state index < -0.39 is 18.3 Å². The predicted molar refractivity (Wildman–Crippen MR) is 94.7 cm³/mol.